The van der Waals surface area contributed by atoms with Crippen LogP contribution in [0.3, 0.4) is 0 Å². The molecule has 1 heterocycles. The number of aliphatic hydroxyl groups excluding tert-OH is 1. The Balaban J connectivity index is 1.92. The number of benzene rings is 1. The van der Waals surface area contributed by atoms with Crippen LogP contribution < -0.4 is 5.32 Å². The van der Waals surface area contributed by atoms with E-state index < -0.39 is 19.1 Å². The summed E-state index contributed by atoms with van der Waals surface area (Å²) in [7, 11) is 0. The standard InChI is InChI=1S/C14H15F2NOS/c15-14(16,10-18)9-17-8-12-6-7-13(19-12)11-4-2-1-3-5-11/h1-7,17-18H,8-10H2. The molecule has 2 rings (SSSR count). The van der Waals surface area contributed by atoms with E-state index in [0.717, 1.165) is 15.3 Å². The number of halogens is 2. The maximum Gasteiger partial charge on any atom is 0.282 e. The Morgan fingerprint density at radius 2 is 1.84 bits per heavy atom. The van der Waals surface area contributed by atoms with Crippen molar-refractivity contribution in [3.8, 4) is 10.4 Å². The summed E-state index contributed by atoms with van der Waals surface area (Å²) in [5.41, 5.74) is 1.12. The van der Waals surface area contributed by atoms with Gasteiger partial charge in [0.2, 0.25) is 0 Å². The SMILES string of the molecule is OCC(F)(F)CNCc1ccc(-c2ccccc2)s1. The Bertz CT molecular complexity index is 513. The number of aliphatic hydroxyl groups is 1. The molecule has 1 aromatic heterocycles. The maximum atomic E-state index is 12.8. The van der Waals surface area contributed by atoms with Gasteiger partial charge in [0.15, 0.2) is 0 Å². The summed E-state index contributed by atoms with van der Waals surface area (Å²) in [5.74, 6) is -3.06. The number of rotatable bonds is 6. The first kappa shape index (κ1) is 14.1. The van der Waals surface area contributed by atoms with E-state index in [0.29, 0.717) is 6.54 Å². The molecule has 0 saturated carbocycles. The summed E-state index contributed by atoms with van der Waals surface area (Å²) in [6.45, 7) is -1.26. The Morgan fingerprint density at radius 3 is 2.53 bits per heavy atom. The molecule has 1 aromatic carbocycles. The van der Waals surface area contributed by atoms with Crippen LogP contribution in [0.2, 0.25) is 0 Å². The van der Waals surface area contributed by atoms with Gasteiger partial charge in [0.25, 0.3) is 5.92 Å². The van der Waals surface area contributed by atoms with Crippen LogP contribution in [0, 0.1) is 0 Å². The second-order valence-electron chi connectivity index (χ2n) is 4.25. The molecule has 2 N–H and O–H groups in total. The first-order chi connectivity index (χ1) is 9.11. The smallest absolute Gasteiger partial charge is 0.282 e. The molecule has 0 fully saturated rings. The third-order valence-electron chi connectivity index (χ3n) is 2.63. The van der Waals surface area contributed by atoms with Crippen molar-refractivity contribution in [2.45, 2.75) is 12.5 Å². The van der Waals surface area contributed by atoms with Crippen LogP contribution in [0.1, 0.15) is 4.88 Å². The molecular formula is C14H15F2NOS. The lowest BCUT2D eigenvalue weighted by Crippen LogP contribution is -2.35. The van der Waals surface area contributed by atoms with Crippen LogP contribution in [-0.4, -0.2) is 24.2 Å². The summed E-state index contributed by atoms with van der Waals surface area (Å²) in [6, 6.07) is 13.8. The average Bonchev–Trinajstić information content (AvgIpc) is 2.88. The number of hydrogen-bond acceptors (Lipinski definition) is 3. The fraction of sp³-hybridized carbons (Fsp3) is 0.286. The van der Waals surface area contributed by atoms with Crippen LogP contribution >= 0.6 is 11.3 Å². The third kappa shape index (κ3) is 4.09. The first-order valence-corrected chi connectivity index (χ1v) is 6.76. The number of hydrogen-bond donors (Lipinski definition) is 2. The zero-order valence-corrected chi connectivity index (χ0v) is 11.1. The molecule has 19 heavy (non-hydrogen) atoms. The molecule has 0 spiro atoms. The molecule has 0 saturated heterocycles. The predicted octanol–water partition coefficient (Wildman–Crippen LogP) is 3.13. The molecule has 0 radical (unpaired) electrons. The Hall–Kier alpha value is -1.30. The normalized spacial score (nSPS) is 11.7. The number of alkyl halides is 2. The highest BCUT2D eigenvalue weighted by Crippen LogP contribution is 2.27. The summed E-state index contributed by atoms with van der Waals surface area (Å²) >= 11 is 1.57. The van der Waals surface area contributed by atoms with E-state index in [1.54, 1.807) is 11.3 Å². The van der Waals surface area contributed by atoms with Gasteiger partial charge in [-0.25, -0.2) is 8.78 Å². The molecular weight excluding hydrogens is 268 g/mol. The number of nitrogens with one attached hydrogen (secondary N) is 1. The van der Waals surface area contributed by atoms with Crippen LogP contribution in [0.25, 0.3) is 10.4 Å². The molecule has 0 aliphatic rings. The van der Waals surface area contributed by atoms with Gasteiger partial charge in [0.05, 0.1) is 6.54 Å². The molecule has 0 aliphatic heterocycles. The van der Waals surface area contributed by atoms with Gasteiger partial charge < -0.3 is 10.4 Å². The van der Waals surface area contributed by atoms with Gasteiger partial charge in [-0.1, -0.05) is 30.3 Å². The summed E-state index contributed by atoms with van der Waals surface area (Å²) in [6.07, 6.45) is 0. The van der Waals surface area contributed by atoms with Gasteiger partial charge in [0, 0.05) is 16.3 Å². The second kappa shape index (κ2) is 6.23. The van der Waals surface area contributed by atoms with Gasteiger partial charge in [-0.15, -0.1) is 11.3 Å². The predicted molar refractivity (Wildman–Crippen MR) is 73.5 cm³/mol. The van der Waals surface area contributed by atoms with E-state index in [2.05, 4.69) is 5.32 Å². The highest BCUT2D eigenvalue weighted by atomic mass is 32.1. The van der Waals surface area contributed by atoms with E-state index >= 15 is 0 Å². The molecule has 0 amide bonds. The lowest BCUT2D eigenvalue weighted by atomic mass is 10.2. The van der Waals surface area contributed by atoms with Crippen LogP contribution in [0.15, 0.2) is 42.5 Å². The summed E-state index contributed by atoms with van der Waals surface area (Å²) < 4.78 is 25.6. The average molecular weight is 283 g/mol. The molecule has 0 atom stereocenters. The third-order valence-corrected chi connectivity index (χ3v) is 3.77. The minimum Gasteiger partial charge on any atom is -0.390 e. The maximum absolute atomic E-state index is 12.8. The van der Waals surface area contributed by atoms with E-state index in [9.17, 15) is 8.78 Å². The zero-order valence-electron chi connectivity index (χ0n) is 10.3. The van der Waals surface area contributed by atoms with Crippen molar-refractivity contribution in [1.82, 2.24) is 5.32 Å². The minimum absolute atomic E-state index is 0.382. The minimum atomic E-state index is -3.06. The molecule has 0 bridgehead atoms. The highest BCUT2D eigenvalue weighted by Gasteiger charge is 2.26. The molecule has 0 unspecified atom stereocenters. The van der Waals surface area contributed by atoms with Gasteiger partial charge >= 0.3 is 0 Å². The first-order valence-electron chi connectivity index (χ1n) is 5.94. The highest BCUT2D eigenvalue weighted by molar-refractivity contribution is 7.15. The topological polar surface area (TPSA) is 32.3 Å². The van der Waals surface area contributed by atoms with Crippen molar-refractivity contribution >= 4 is 11.3 Å². The van der Waals surface area contributed by atoms with Crippen LogP contribution in [-0.2, 0) is 6.54 Å². The summed E-state index contributed by atoms with van der Waals surface area (Å²) in [4.78, 5) is 2.11. The lowest BCUT2D eigenvalue weighted by Gasteiger charge is -2.13. The van der Waals surface area contributed by atoms with Gasteiger partial charge in [-0.05, 0) is 17.7 Å². The van der Waals surface area contributed by atoms with E-state index in [1.165, 1.54) is 0 Å². The van der Waals surface area contributed by atoms with E-state index in [-0.39, 0.29) is 0 Å². The van der Waals surface area contributed by atoms with Crippen LogP contribution in [0.5, 0.6) is 0 Å². The van der Waals surface area contributed by atoms with E-state index in [1.807, 2.05) is 42.5 Å². The fourth-order valence-corrected chi connectivity index (χ4v) is 2.64. The van der Waals surface area contributed by atoms with E-state index in [4.69, 9.17) is 5.11 Å². The Labute approximate surface area is 114 Å². The van der Waals surface area contributed by atoms with Crippen molar-refractivity contribution in [3.05, 3.63) is 47.3 Å². The Kier molecular flexibility index (Phi) is 4.63. The monoisotopic (exact) mass is 283 g/mol. The molecule has 102 valence electrons. The van der Waals surface area contributed by atoms with Gasteiger partial charge in [-0.3, -0.25) is 0 Å². The summed E-state index contributed by atoms with van der Waals surface area (Å²) in [5, 5.41) is 11.1. The quantitative estimate of drug-likeness (QED) is 0.853. The fourth-order valence-electron chi connectivity index (χ4n) is 1.65. The second-order valence-corrected chi connectivity index (χ2v) is 5.42. The molecule has 0 aliphatic carbocycles. The number of thiophene rings is 1. The lowest BCUT2D eigenvalue weighted by molar-refractivity contribution is -0.0477. The van der Waals surface area contributed by atoms with Gasteiger partial charge in [-0.2, -0.15) is 0 Å². The van der Waals surface area contributed by atoms with Crippen molar-refractivity contribution in [1.29, 1.82) is 0 Å². The largest absolute Gasteiger partial charge is 0.390 e. The van der Waals surface area contributed by atoms with Gasteiger partial charge in [0.1, 0.15) is 6.61 Å². The molecule has 2 aromatic rings. The van der Waals surface area contributed by atoms with Crippen molar-refractivity contribution < 1.29 is 13.9 Å². The molecule has 5 heteroatoms. The van der Waals surface area contributed by atoms with Crippen LogP contribution in [0.4, 0.5) is 8.78 Å². The van der Waals surface area contributed by atoms with Crippen molar-refractivity contribution in [3.63, 3.8) is 0 Å². The zero-order chi connectivity index (χ0) is 13.7. The van der Waals surface area contributed by atoms with Crippen molar-refractivity contribution in [2.75, 3.05) is 13.2 Å². The van der Waals surface area contributed by atoms with Crippen molar-refractivity contribution in [2.24, 2.45) is 0 Å². The Morgan fingerprint density at radius 1 is 1.11 bits per heavy atom. The molecule has 2 nitrogen and oxygen atoms in total.